The fourth-order valence-corrected chi connectivity index (χ4v) is 3.85. The predicted molar refractivity (Wildman–Crippen MR) is 70.3 cm³/mol. The highest BCUT2D eigenvalue weighted by Gasteiger charge is 2.51. The Bertz CT molecular complexity index is 467. The molecule has 3 fully saturated rings. The third-order valence-corrected chi connectivity index (χ3v) is 4.99. The van der Waals surface area contributed by atoms with Crippen LogP contribution in [0.15, 0.2) is 24.3 Å². The summed E-state index contributed by atoms with van der Waals surface area (Å²) in [6.07, 6.45) is 5.90. The van der Waals surface area contributed by atoms with Crippen LogP contribution in [-0.2, 0) is 14.9 Å². The van der Waals surface area contributed by atoms with Gasteiger partial charge < -0.3 is 4.74 Å². The molecule has 0 heterocycles. The van der Waals surface area contributed by atoms with Crippen LogP contribution in [0.25, 0.3) is 0 Å². The average Bonchev–Trinajstić information content (AvgIpc) is 2.40. The van der Waals surface area contributed by atoms with Gasteiger partial charge in [0.05, 0.1) is 0 Å². The maximum atomic E-state index is 13.0. The molecule has 0 saturated heterocycles. The van der Waals surface area contributed by atoms with E-state index in [1.54, 1.807) is 12.1 Å². The van der Waals surface area contributed by atoms with E-state index in [0.29, 0.717) is 0 Å². The maximum absolute atomic E-state index is 13.0. The number of fused-ring (bicyclic) bond motifs is 3. The van der Waals surface area contributed by atoms with E-state index >= 15 is 0 Å². The van der Waals surface area contributed by atoms with Crippen molar-refractivity contribution in [3.63, 3.8) is 0 Å². The summed E-state index contributed by atoms with van der Waals surface area (Å²) in [5.74, 6) is -0.350. The van der Waals surface area contributed by atoms with E-state index < -0.39 is 0 Å². The zero-order valence-electron chi connectivity index (χ0n) is 11.2. The summed E-state index contributed by atoms with van der Waals surface area (Å²) in [6, 6.07) is 6.93. The Hall–Kier alpha value is -1.38. The minimum absolute atomic E-state index is 0.170. The number of hydrogen-bond donors (Lipinski definition) is 0. The molecule has 0 aromatic heterocycles. The molecule has 4 rings (SSSR count). The molecule has 0 radical (unpaired) electrons. The number of halogens is 1. The quantitative estimate of drug-likeness (QED) is 0.759. The second-order valence-electron chi connectivity index (χ2n) is 6.06. The first-order valence-electron chi connectivity index (χ1n) is 6.99. The molecule has 2 bridgehead atoms. The molecule has 1 aromatic rings. The molecule has 3 aliphatic carbocycles. The number of ether oxygens (including phenoxy) is 1. The first-order valence-corrected chi connectivity index (χ1v) is 6.99. The number of carbonyl (C=O) groups is 1. The Labute approximate surface area is 113 Å². The van der Waals surface area contributed by atoms with E-state index in [1.165, 1.54) is 12.5 Å². The Morgan fingerprint density at radius 2 is 1.58 bits per heavy atom. The summed E-state index contributed by atoms with van der Waals surface area (Å²) in [6.45, 7) is 1.49. The van der Waals surface area contributed by atoms with Crippen LogP contribution in [0.5, 0.6) is 0 Å². The summed E-state index contributed by atoms with van der Waals surface area (Å²) in [7, 11) is 0. The SMILES string of the molecule is CC(=O)OC12CCC(c3ccc(F)cc3)(CC1)CC2. The lowest BCUT2D eigenvalue weighted by molar-refractivity contribution is -0.169. The van der Waals surface area contributed by atoms with Crippen LogP contribution in [0.3, 0.4) is 0 Å². The van der Waals surface area contributed by atoms with E-state index in [-0.39, 0.29) is 22.8 Å². The minimum Gasteiger partial charge on any atom is -0.459 e. The molecule has 0 amide bonds. The lowest BCUT2D eigenvalue weighted by Crippen LogP contribution is -2.50. The molecule has 0 aliphatic heterocycles. The van der Waals surface area contributed by atoms with Crippen molar-refractivity contribution in [1.29, 1.82) is 0 Å². The van der Waals surface area contributed by atoms with Gasteiger partial charge in [0.25, 0.3) is 0 Å². The van der Waals surface area contributed by atoms with Crippen LogP contribution < -0.4 is 0 Å². The van der Waals surface area contributed by atoms with Crippen molar-refractivity contribution in [2.75, 3.05) is 0 Å². The molecule has 0 atom stereocenters. The number of hydrogen-bond acceptors (Lipinski definition) is 2. The van der Waals surface area contributed by atoms with Gasteiger partial charge in [0.2, 0.25) is 0 Å². The van der Waals surface area contributed by atoms with Gasteiger partial charge in [0.15, 0.2) is 0 Å². The first-order chi connectivity index (χ1) is 9.04. The average molecular weight is 262 g/mol. The standard InChI is InChI=1S/C16H19FO2/c1-12(18)19-16-9-6-15(7-10-16,8-11-16)13-2-4-14(17)5-3-13/h2-5H,6-11H2,1H3. The number of esters is 1. The van der Waals surface area contributed by atoms with E-state index in [0.717, 1.165) is 38.5 Å². The molecule has 2 nitrogen and oxygen atoms in total. The van der Waals surface area contributed by atoms with Crippen molar-refractivity contribution >= 4 is 5.97 Å². The lowest BCUT2D eigenvalue weighted by Gasteiger charge is -2.52. The van der Waals surface area contributed by atoms with Crippen LogP contribution in [0.2, 0.25) is 0 Å². The van der Waals surface area contributed by atoms with Gasteiger partial charge in [0.1, 0.15) is 11.4 Å². The molecule has 0 N–H and O–H groups in total. The topological polar surface area (TPSA) is 26.3 Å². The molecule has 1 aromatic carbocycles. The van der Waals surface area contributed by atoms with Gasteiger partial charge in [-0.3, -0.25) is 4.79 Å². The summed E-state index contributed by atoms with van der Waals surface area (Å²) < 4.78 is 18.6. The summed E-state index contributed by atoms with van der Waals surface area (Å²) >= 11 is 0. The summed E-state index contributed by atoms with van der Waals surface area (Å²) in [4.78, 5) is 11.2. The summed E-state index contributed by atoms with van der Waals surface area (Å²) in [5, 5.41) is 0. The normalized spacial score (nSPS) is 33.2. The van der Waals surface area contributed by atoms with Gasteiger partial charge in [-0.25, -0.2) is 4.39 Å². The lowest BCUT2D eigenvalue weighted by atomic mass is 9.56. The van der Waals surface area contributed by atoms with Crippen molar-refractivity contribution < 1.29 is 13.9 Å². The van der Waals surface area contributed by atoms with Gasteiger partial charge in [-0.05, 0) is 61.6 Å². The Morgan fingerprint density at radius 3 is 2.05 bits per heavy atom. The van der Waals surface area contributed by atoms with Crippen molar-refractivity contribution in [1.82, 2.24) is 0 Å². The molecule has 3 saturated carbocycles. The molecule has 3 heteroatoms. The van der Waals surface area contributed by atoms with Crippen LogP contribution in [-0.4, -0.2) is 11.6 Å². The van der Waals surface area contributed by atoms with Crippen molar-refractivity contribution in [2.24, 2.45) is 0 Å². The number of rotatable bonds is 2. The third kappa shape index (κ3) is 2.15. The van der Waals surface area contributed by atoms with Crippen molar-refractivity contribution in [2.45, 2.75) is 56.5 Å². The Kier molecular flexibility index (Phi) is 2.88. The van der Waals surface area contributed by atoms with Gasteiger partial charge >= 0.3 is 5.97 Å². The van der Waals surface area contributed by atoms with E-state index in [1.807, 2.05) is 12.1 Å². The highest BCUT2D eigenvalue weighted by Crippen LogP contribution is 2.54. The van der Waals surface area contributed by atoms with Crippen molar-refractivity contribution in [3.05, 3.63) is 35.6 Å². The highest BCUT2D eigenvalue weighted by atomic mass is 19.1. The van der Waals surface area contributed by atoms with Crippen LogP contribution in [0.4, 0.5) is 4.39 Å². The molecule has 19 heavy (non-hydrogen) atoms. The molecular weight excluding hydrogens is 243 g/mol. The highest BCUT2D eigenvalue weighted by molar-refractivity contribution is 5.66. The van der Waals surface area contributed by atoms with Crippen LogP contribution in [0.1, 0.15) is 51.0 Å². The number of carbonyl (C=O) groups excluding carboxylic acids is 1. The molecule has 0 spiro atoms. The zero-order valence-corrected chi connectivity index (χ0v) is 11.2. The number of benzene rings is 1. The van der Waals surface area contributed by atoms with E-state index in [9.17, 15) is 9.18 Å². The maximum Gasteiger partial charge on any atom is 0.303 e. The molecule has 3 aliphatic rings. The van der Waals surface area contributed by atoms with Crippen LogP contribution in [0, 0.1) is 5.82 Å². The van der Waals surface area contributed by atoms with E-state index in [2.05, 4.69) is 0 Å². The Balaban J connectivity index is 1.81. The van der Waals surface area contributed by atoms with Gasteiger partial charge in [-0.1, -0.05) is 12.1 Å². The van der Waals surface area contributed by atoms with E-state index in [4.69, 9.17) is 4.74 Å². The minimum atomic E-state index is -0.215. The third-order valence-electron chi connectivity index (χ3n) is 4.99. The predicted octanol–water partition coefficient (Wildman–Crippen LogP) is 3.73. The Morgan fingerprint density at radius 1 is 1.05 bits per heavy atom. The van der Waals surface area contributed by atoms with Crippen molar-refractivity contribution in [3.8, 4) is 0 Å². The second-order valence-corrected chi connectivity index (χ2v) is 6.06. The smallest absolute Gasteiger partial charge is 0.303 e. The van der Waals surface area contributed by atoms with Gasteiger partial charge in [-0.2, -0.15) is 0 Å². The zero-order chi connectivity index (χ0) is 13.5. The second kappa shape index (κ2) is 4.32. The molecular formula is C16H19FO2. The largest absolute Gasteiger partial charge is 0.459 e. The van der Waals surface area contributed by atoms with Crippen LogP contribution >= 0.6 is 0 Å². The molecule has 102 valence electrons. The molecule has 0 unspecified atom stereocenters. The fourth-order valence-electron chi connectivity index (χ4n) is 3.85. The van der Waals surface area contributed by atoms with Gasteiger partial charge in [0, 0.05) is 6.92 Å². The fraction of sp³-hybridized carbons (Fsp3) is 0.562. The monoisotopic (exact) mass is 262 g/mol. The first kappa shape index (κ1) is 12.6. The van der Waals surface area contributed by atoms with Gasteiger partial charge in [-0.15, -0.1) is 0 Å². The summed E-state index contributed by atoms with van der Waals surface area (Å²) in [5.41, 5.74) is 1.20.